The second-order valence-electron chi connectivity index (χ2n) is 3.41. The van der Waals surface area contributed by atoms with Crippen LogP contribution in [0.3, 0.4) is 0 Å². The van der Waals surface area contributed by atoms with E-state index in [1.165, 1.54) is 12.8 Å². The summed E-state index contributed by atoms with van der Waals surface area (Å²) in [5.74, 6) is 0.866. The Morgan fingerprint density at radius 3 is 2.92 bits per heavy atom. The average Bonchev–Trinajstić information content (AvgIpc) is 2.49. The molecule has 0 aliphatic carbocycles. The van der Waals surface area contributed by atoms with Gasteiger partial charge in [0.25, 0.3) is 0 Å². The standard InChI is InChI=1S/C9H18N4/c1-4-5-8(2)10-6-9-11-7-13(3)12-9/h7-8,10H,4-6H2,1-3H3. The van der Waals surface area contributed by atoms with Crippen LogP contribution >= 0.6 is 0 Å². The molecule has 74 valence electrons. The second kappa shape index (κ2) is 4.97. The van der Waals surface area contributed by atoms with Gasteiger partial charge in [0.1, 0.15) is 6.33 Å². The number of aromatic nitrogens is 3. The molecule has 0 saturated carbocycles. The van der Waals surface area contributed by atoms with E-state index in [-0.39, 0.29) is 0 Å². The van der Waals surface area contributed by atoms with Crippen LogP contribution in [-0.4, -0.2) is 20.8 Å². The van der Waals surface area contributed by atoms with Crippen LogP contribution in [0.25, 0.3) is 0 Å². The minimum Gasteiger partial charge on any atom is -0.307 e. The summed E-state index contributed by atoms with van der Waals surface area (Å²) in [5, 5.41) is 7.56. The molecule has 1 N–H and O–H groups in total. The van der Waals surface area contributed by atoms with Crippen molar-refractivity contribution in [2.75, 3.05) is 0 Å². The summed E-state index contributed by atoms with van der Waals surface area (Å²) >= 11 is 0. The van der Waals surface area contributed by atoms with Gasteiger partial charge in [0.2, 0.25) is 0 Å². The molecule has 4 heteroatoms. The van der Waals surface area contributed by atoms with Crippen molar-refractivity contribution < 1.29 is 0 Å². The van der Waals surface area contributed by atoms with Crippen molar-refractivity contribution in [2.24, 2.45) is 7.05 Å². The van der Waals surface area contributed by atoms with E-state index in [0.717, 1.165) is 12.4 Å². The highest BCUT2D eigenvalue weighted by molar-refractivity contribution is 4.80. The maximum absolute atomic E-state index is 4.19. The Balaban J connectivity index is 2.26. The van der Waals surface area contributed by atoms with Crippen molar-refractivity contribution in [3.63, 3.8) is 0 Å². The third-order valence-corrected chi connectivity index (χ3v) is 1.98. The molecule has 13 heavy (non-hydrogen) atoms. The first-order chi connectivity index (χ1) is 6.22. The van der Waals surface area contributed by atoms with Crippen LogP contribution < -0.4 is 5.32 Å². The number of nitrogens with zero attached hydrogens (tertiary/aromatic N) is 3. The van der Waals surface area contributed by atoms with Crippen molar-refractivity contribution >= 4 is 0 Å². The molecule has 0 amide bonds. The van der Waals surface area contributed by atoms with E-state index >= 15 is 0 Å². The molecule has 1 aromatic rings. The van der Waals surface area contributed by atoms with Crippen molar-refractivity contribution in [1.82, 2.24) is 20.1 Å². The molecule has 0 aliphatic heterocycles. The number of hydrogen-bond acceptors (Lipinski definition) is 3. The van der Waals surface area contributed by atoms with Crippen LogP contribution in [0.4, 0.5) is 0 Å². The Morgan fingerprint density at radius 2 is 2.38 bits per heavy atom. The van der Waals surface area contributed by atoms with E-state index in [1.54, 1.807) is 11.0 Å². The summed E-state index contributed by atoms with van der Waals surface area (Å²) in [6.07, 6.45) is 4.14. The zero-order valence-corrected chi connectivity index (χ0v) is 8.62. The van der Waals surface area contributed by atoms with Crippen molar-refractivity contribution in [3.8, 4) is 0 Å². The molecular weight excluding hydrogens is 164 g/mol. The minimum atomic E-state index is 0.550. The number of nitrogens with one attached hydrogen (secondary N) is 1. The van der Waals surface area contributed by atoms with Gasteiger partial charge in [-0.05, 0) is 13.3 Å². The molecule has 0 aliphatic rings. The first kappa shape index (κ1) is 10.2. The minimum absolute atomic E-state index is 0.550. The van der Waals surface area contributed by atoms with E-state index in [9.17, 15) is 0 Å². The topological polar surface area (TPSA) is 42.7 Å². The molecule has 1 atom stereocenters. The summed E-state index contributed by atoms with van der Waals surface area (Å²) in [7, 11) is 1.88. The fourth-order valence-electron chi connectivity index (χ4n) is 1.27. The van der Waals surface area contributed by atoms with Gasteiger partial charge in [0, 0.05) is 13.1 Å². The largest absolute Gasteiger partial charge is 0.307 e. The number of aryl methyl sites for hydroxylation is 1. The highest BCUT2D eigenvalue weighted by Gasteiger charge is 2.02. The molecule has 4 nitrogen and oxygen atoms in total. The Kier molecular flexibility index (Phi) is 3.89. The Bertz CT molecular complexity index is 244. The first-order valence-electron chi connectivity index (χ1n) is 4.80. The Hall–Kier alpha value is -0.900. The van der Waals surface area contributed by atoms with Gasteiger partial charge < -0.3 is 5.32 Å². The van der Waals surface area contributed by atoms with E-state index in [4.69, 9.17) is 0 Å². The van der Waals surface area contributed by atoms with Crippen LogP contribution in [-0.2, 0) is 13.6 Å². The molecule has 1 rings (SSSR count). The summed E-state index contributed by atoms with van der Waals surface area (Å²) in [4.78, 5) is 4.14. The van der Waals surface area contributed by atoms with Crippen LogP contribution in [0.5, 0.6) is 0 Å². The van der Waals surface area contributed by atoms with Crippen molar-refractivity contribution in [1.29, 1.82) is 0 Å². The van der Waals surface area contributed by atoms with Gasteiger partial charge in [-0.15, -0.1) is 0 Å². The Labute approximate surface area is 79.4 Å². The molecule has 0 fully saturated rings. The van der Waals surface area contributed by atoms with Gasteiger partial charge in [-0.3, -0.25) is 4.68 Å². The fourth-order valence-corrected chi connectivity index (χ4v) is 1.27. The fraction of sp³-hybridized carbons (Fsp3) is 0.778. The van der Waals surface area contributed by atoms with Crippen LogP contribution in [0, 0.1) is 0 Å². The highest BCUT2D eigenvalue weighted by atomic mass is 15.3. The molecule has 1 unspecified atom stereocenters. The van der Waals surface area contributed by atoms with Gasteiger partial charge in [0.05, 0.1) is 6.54 Å². The van der Waals surface area contributed by atoms with Gasteiger partial charge in [-0.1, -0.05) is 13.3 Å². The lowest BCUT2D eigenvalue weighted by atomic mass is 10.2. The quantitative estimate of drug-likeness (QED) is 0.741. The molecule has 1 heterocycles. The summed E-state index contributed by atoms with van der Waals surface area (Å²) in [5.41, 5.74) is 0. The molecule has 1 aromatic heterocycles. The monoisotopic (exact) mass is 182 g/mol. The van der Waals surface area contributed by atoms with E-state index in [2.05, 4.69) is 29.2 Å². The zero-order valence-electron chi connectivity index (χ0n) is 8.62. The molecule has 0 bridgehead atoms. The predicted molar refractivity (Wildman–Crippen MR) is 52.2 cm³/mol. The summed E-state index contributed by atoms with van der Waals surface area (Å²) in [6.45, 7) is 5.14. The van der Waals surface area contributed by atoms with E-state index in [0.29, 0.717) is 6.04 Å². The summed E-state index contributed by atoms with van der Waals surface area (Å²) < 4.78 is 1.72. The lowest BCUT2D eigenvalue weighted by Gasteiger charge is -2.10. The second-order valence-corrected chi connectivity index (χ2v) is 3.41. The van der Waals surface area contributed by atoms with Crippen molar-refractivity contribution in [2.45, 2.75) is 39.3 Å². The van der Waals surface area contributed by atoms with Gasteiger partial charge >= 0.3 is 0 Å². The van der Waals surface area contributed by atoms with E-state index in [1.807, 2.05) is 7.05 Å². The third-order valence-electron chi connectivity index (χ3n) is 1.98. The van der Waals surface area contributed by atoms with Crippen LogP contribution in [0.2, 0.25) is 0 Å². The average molecular weight is 182 g/mol. The number of hydrogen-bond donors (Lipinski definition) is 1. The normalized spacial score (nSPS) is 13.2. The lowest BCUT2D eigenvalue weighted by Crippen LogP contribution is -2.25. The zero-order chi connectivity index (χ0) is 9.68. The number of rotatable bonds is 5. The predicted octanol–water partition coefficient (Wildman–Crippen LogP) is 1.09. The Morgan fingerprint density at radius 1 is 1.62 bits per heavy atom. The maximum atomic E-state index is 4.19. The highest BCUT2D eigenvalue weighted by Crippen LogP contribution is 1.96. The SMILES string of the molecule is CCCC(C)NCc1ncn(C)n1. The third kappa shape index (κ3) is 3.55. The van der Waals surface area contributed by atoms with Gasteiger partial charge in [-0.25, -0.2) is 4.98 Å². The van der Waals surface area contributed by atoms with Crippen molar-refractivity contribution in [3.05, 3.63) is 12.2 Å². The molecule has 0 spiro atoms. The van der Waals surface area contributed by atoms with Crippen LogP contribution in [0.15, 0.2) is 6.33 Å². The van der Waals surface area contributed by atoms with Crippen LogP contribution in [0.1, 0.15) is 32.5 Å². The lowest BCUT2D eigenvalue weighted by molar-refractivity contribution is 0.498. The summed E-state index contributed by atoms with van der Waals surface area (Å²) in [6, 6.07) is 0.550. The first-order valence-corrected chi connectivity index (χ1v) is 4.80. The van der Waals surface area contributed by atoms with Gasteiger partial charge in [0.15, 0.2) is 5.82 Å². The molecule has 0 saturated heterocycles. The molecular formula is C9H18N4. The van der Waals surface area contributed by atoms with Gasteiger partial charge in [-0.2, -0.15) is 5.10 Å². The molecule has 0 radical (unpaired) electrons. The molecule has 0 aromatic carbocycles. The van der Waals surface area contributed by atoms with E-state index < -0.39 is 0 Å². The smallest absolute Gasteiger partial charge is 0.164 e. The maximum Gasteiger partial charge on any atom is 0.164 e.